The van der Waals surface area contributed by atoms with Gasteiger partial charge >= 0.3 is 0 Å². The summed E-state index contributed by atoms with van der Waals surface area (Å²) in [5.74, 6) is 1.89. The fourth-order valence-electron chi connectivity index (χ4n) is 3.08. The zero-order chi connectivity index (χ0) is 21.6. The van der Waals surface area contributed by atoms with Gasteiger partial charge in [-0.05, 0) is 55.3 Å². The highest BCUT2D eigenvalue weighted by molar-refractivity contribution is 7.92. The molecule has 1 heterocycles. The first-order valence-electron chi connectivity index (χ1n) is 9.72. The maximum absolute atomic E-state index is 12.2. The van der Waals surface area contributed by atoms with Gasteiger partial charge < -0.3 is 19.5 Å². The van der Waals surface area contributed by atoms with Gasteiger partial charge in [-0.15, -0.1) is 0 Å². The van der Waals surface area contributed by atoms with Crippen molar-refractivity contribution in [1.29, 1.82) is 0 Å². The molecule has 1 amide bonds. The van der Waals surface area contributed by atoms with E-state index in [-0.39, 0.29) is 25.7 Å². The van der Waals surface area contributed by atoms with Gasteiger partial charge in [0.15, 0.2) is 11.5 Å². The fourth-order valence-corrected chi connectivity index (χ4v) is 4.05. The van der Waals surface area contributed by atoms with Crippen LogP contribution < -0.4 is 23.8 Å². The molecule has 8 nitrogen and oxygen atoms in total. The summed E-state index contributed by atoms with van der Waals surface area (Å²) in [7, 11) is -3.47. The number of sulfonamides is 1. The third kappa shape index (κ3) is 5.79. The second-order valence-corrected chi connectivity index (χ2v) is 8.74. The number of fused-ring (bicyclic) bond motifs is 1. The lowest BCUT2D eigenvalue weighted by atomic mass is 10.2. The molecule has 1 aliphatic rings. The lowest BCUT2D eigenvalue weighted by molar-refractivity contribution is -0.121. The number of anilines is 1. The molecule has 0 atom stereocenters. The molecule has 30 heavy (non-hydrogen) atoms. The van der Waals surface area contributed by atoms with E-state index in [1.807, 2.05) is 25.1 Å². The first-order valence-corrected chi connectivity index (χ1v) is 11.6. The Hall–Kier alpha value is -2.94. The quantitative estimate of drug-likeness (QED) is 0.618. The van der Waals surface area contributed by atoms with Gasteiger partial charge in [0, 0.05) is 19.5 Å². The van der Waals surface area contributed by atoms with Crippen LogP contribution in [0.1, 0.15) is 25.3 Å². The summed E-state index contributed by atoms with van der Waals surface area (Å²) in [6.45, 7) is 3.20. The molecule has 1 N–H and O–H groups in total. The van der Waals surface area contributed by atoms with Gasteiger partial charge in [-0.25, -0.2) is 8.42 Å². The number of carbonyl (C=O) groups excluding carboxylic acids is 1. The van der Waals surface area contributed by atoms with E-state index >= 15 is 0 Å². The predicted molar refractivity (Wildman–Crippen MR) is 113 cm³/mol. The van der Waals surface area contributed by atoms with Crippen molar-refractivity contribution in [3.05, 3.63) is 48.0 Å². The van der Waals surface area contributed by atoms with Gasteiger partial charge in [-0.1, -0.05) is 6.07 Å². The minimum absolute atomic E-state index is 0.146. The molecule has 0 spiro atoms. The van der Waals surface area contributed by atoms with Crippen molar-refractivity contribution in [2.75, 3.05) is 30.5 Å². The number of ether oxygens (including phenoxy) is 3. The largest absolute Gasteiger partial charge is 0.494 e. The first kappa shape index (κ1) is 21.8. The number of rotatable bonds is 10. The van der Waals surface area contributed by atoms with Crippen LogP contribution in [0, 0.1) is 0 Å². The van der Waals surface area contributed by atoms with Crippen LogP contribution in [0.2, 0.25) is 0 Å². The summed E-state index contributed by atoms with van der Waals surface area (Å²) in [5.41, 5.74) is 1.45. The predicted octanol–water partition coefficient (Wildman–Crippen LogP) is 2.68. The average Bonchev–Trinajstić information content (AvgIpc) is 3.18. The number of hydrogen-bond donors (Lipinski definition) is 1. The van der Waals surface area contributed by atoms with E-state index in [0.29, 0.717) is 42.5 Å². The Morgan fingerprint density at radius 1 is 1.13 bits per heavy atom. The van der Waals surface area contributed by atoms with Crippen LogP contribution in [-0.4, -0.2) is 40.5 Å². The van der Waals surface area contributed by atoms with Gasteiger partial charge in [0.05, 0.1) is 18.6 Å². The van der Waals surface area contributed by atoms with Crippen molar-refractivity contribution in [1.82, 2.24) is 5.32 Å². The molecular weight excluding hydrogens is 408 g/mol. The van der Waals surface area contributed by atoms with E-state index in [1.54, 1.807) is 24.3 Å². The Labute approximate surface area is 176 Å². The molecule has 0 aromatic heterocycles. The van der Waals surface area contributed by atoms with E-state index in [0.717, 1.165) is 11.8 Å². The summed E-state index contributed by atoms with van der Waals surface area (Å²) >= 11 is 0. The Morgan fingerprint density at radius 3 is 2.57 bits per heavy atom. The summed E-state index contributed by atoms with van der Waals surface area (Å²) in [6, 6.07) is 12.4. The maximum atomic E-state index is 12.2. The average molecular weight is 435 g/mol. The number of amides is 1. The zero-order valence-electron chi connectivity index (χ0n) is 17.1. The highest BCUT2D eigenvalue weighted by Gasteiger charge is 2.18. The van der Waals surface area contributed by atoms with Gasteiger partial charge in [-0.2, -0.15) is 0 Å². The molecule has 0 bridgehead atoms. The molecule has 2 aromatic carbocycles. The van der Waals surface area contributed by atoms with Crippen LogP contribution in [0.5, 0.6) is 17.2 Å². The zero-order valence-corrected chi connectivity index (χ0v) is 17.9. The summed E-state index contributed by atoms with van der Waals surface area (Å²) < 4.78 is 41.7. The SMILES string of the molecule is CCOc1ccc(N(CCCC(=O)NCc2ccc3c(c2)OCO3)S(C)(=O)=O)cc1. The lowest BCUT2D eigenvalue weighted by Crippen LogP contribution is -2.32. The molecule has 0 saturated carbocycles. The minimum Gasteiger partial charge on any atom is -0.494 e. The Kier molecular flexibility index (Phi) is 7.04. The molecular formula is C21H26N2O6S. The number of nitrogens with one attached hydrogen (secondary N) is 1. The molecule has 0 fully saturated rings. The highest BCUT2D eigenvalue weighted by Crippen LogP contribution is 2.32. The topological polar surface area (TPSA) is 94.2 Å². The lowest BCUT2D eigenvalue weighted by Gasteiger charge is -2.22. The number of nitrogens with zero attached hydrogens (tertiary/aromatic N) is 1. The highest BCUT2D eigenvalue weighted by atomic mass is 32.2. The van der Waals surface area contributed by atoms with E-state index in [1.165, 1.54) is 4.31 Å². The van der Waals surface area contributed by atoms with Crippen molar-refractivity contribution >= 4 is 21.6 Å². The van der Waals surface area contributed by atoms with Crippen LogP contribution in [-0.2, 0) is 21.4 Å². The van der Waals surface area contributed by atoms with Crippen LogP contribution >= 0.6 is 0 Å². The Balaban J connectivity index is 1.50. The maximum Gasteiger partial charge on any atom is 0.232 e. The third-order valence-electron chi connectivity index (χ3n) is 4.53. The molecule has 2 aromatic rings. The molecule has 9 heteroatoms. The number of hydrogen-bond acceptors (Lipinski definition) is 6. The second-order valence-electron chi connectivity index (χ2n) is 6.83. The fraction of sp³-hybridized carbons (Fsp3) is 0.381. The van der Waals surface area contributed by atoms with Gasteiger partial charge in [0.1, 0.15) is 5.75 Å². The van der Waals surface area contributed by atoms with E-state index < -0.39 is 10.0 Å². The molecule has 1 aliphatic heterocycles. The van der Waals surface area contributed by atoms with Crippen molar-refractivity contribution < 1.29 is 27.4 Å². The summed E-state index contributed by atoms with van der Waals surface area (Å²) in [5, 5.41) is 2.84. The number of benzene rings is 2. The van der Waals surface area contributed by atoms with Crippen LogP contribution in [0.15, 0.2) is 42.5 Å². The van der Waals surface area contributed by atoms with Crippen LogP contribution in [0.3, 0.4) is 0 Å². The van der Waals surface area contributed by atoms with E-state index in [2.05, 4.69) is 5.32 Å². The molecule has 0 saturated heterocycles. The minimum atomic E-state index is -3.47. The second kappa shape index (κ2) is 9.71. The molecule has 0 unspecified atom stereocenters. The molecule has 0 radical (unpaired) electrons. The van der Waals surface area contributed by atoms with Crippen molar-refractivity contribution in [2.24, 2.45) is 0 Å². The van der Waals surface area contributed by atoms with Crippen LogP contribution in [0.25, 0.3) is 0 Å². The van der Waals surface area contributed by atoms with Gasteiger partial charge in [0.25, 0.3) is 0 Å². The normalized spacial score (nSPS) is 12.5. The summed E-state index contributed by atoms with van der Waals surface area (Å²) in [6.07, 6.45) is 1.77. The molecule has 0 aliphatic carbocycles. The molecule has 3 rings (SSSR count). The van der Waals surface area contributed by atoms with Crippen molar-refractivity contribution in [3.63, 3.8) is 0 Å². The first-order chi connectivity index (χ1) is 14.4. The van der Waals surface area contributed by atoms with E-state index in [4.69, 9.17) is 14.2 Å². The van der Waals surface area contributed by atoms with E-state index in [9.17, 15) is 13.2 Å². The Morgan fingerprint density at radius 2 is 1.87 bits per heavy atom. The standard InChI is InChI=1S/C21H26N2O6S/c1-3-27-18-9-7-17(8-10-18)23(30(2,25)26)12-4-5-21(24)22-14-16-6-11-19-20(13-16)29-15-28-19/h6-11,13H,3-5,12,14-15H2,1-2H3,(H,22,24). The number of carbonyl (C=O) groups is 1. The van der Waals surface area contributed by atoms with Crippen molar-refractivity contribution in [3.8, 4) is 17.2 Å². The Bertz CT molecular complexity index is 975. The third-order valence-corrected chi connectivity index (χ3v) is 5.72. The molecule has 162 valence electrons. The van der Waals surface area contributed by atoms with Crippen molar-refractivity contribution in [2.45, 2.75) is 26.3 Å². The monoisotopic (exact) mass is 434 g/mol. The van der Waals surface area contributed by atoms with Gasteiger partial charge in [-0.3, -0.25) is 9.10 Å². The smallest absolute Gasteiger partial charge is 0.232 e. The van der Waals surface area contributed by atoms with Gasteiger partial charge in [0.2, 0.25) is 22.7 Å². The summed E-state index contributed by atoms with van der Waals surface area (Å²) in [4.78, 5) is 12.2. The van der Waals surface area contributed by atoms with Crippen LogP contribution in [0.4, 0.5) is 5.69 Å².